The first-order valence-corrected chi connectivity index (χ1v) is 8.59. The summed E-state index contributed by atoms with van der Waals surface area (Å²) in [4.78, 5) is 23.2. The van der Waals surface area contributed by atoms with Crippen LogP contribution in [0.3, 0.4) is 0 Å². The lowest BCUT2D eigenvalue weighted by molar-refractivity contribution is -0.139. The zero-order valence-corrected chi connectivity index (χ0v) is 13.5. The van der Waals surface area contributed by atoms with Gasteiger partial charge in [-0.05, 0) is 25.5 Å². The Bertz CT molecular complexity index is 621. The minimum Gasteiger partial charge on any atom is -0.480 e. The smallest absolute Gasteiger partial charge is 0.326 e. The summed E-state index contributed by atoms with van der Waals surface area (Å²) in [5.41, 5.74) is 0. The summed E-state index contributed by atoms with van der Waals surface area (Å²) < 4.78 is 25.3. The van der Waals surface area contributed by atoms with E-state index in [0.29, 0.717) is 6.42 Å². The molecule has 21 heavy (non-hydrogen) atoms. The lowest BCUT2D eigenvalue weighted by atomic mass is 10.0. The van der Waals surface area contributed by atoms with Gasteiger partial charge in [0.1, 0.15) is 6.04 Å². The number of aliphatic carboxylic acids is 1. The molecule has 0 bridgehead atoms. The quantitative estimate of drug-likeness (QED) is 0.685. The molecule has 9 heteroatoms. The molecule has 0 radical (unpaired) electrons. The molecule has 1 rings (SSSR count). The molecule has 1 aromatic heterocycles. The zero-order valence-electron chi connectivity index (χ0n) is 11.9. The van der Waals surface area contributed by atoms with Gasteiger partial charge < -0.3 is 10.4 Å². The maximum Gasteiger partial charge on any atom is 0.326 e. The van der Waals surface area contributed by atoms with Gasteiger partial charge in [-0.1, -0.05) is 13.8 Å². The number of thiophene rings is 1. The standard InChI is InChI=1S/C12H18N2O5S2/c1-7(2)4-9(12(16)17)14-11(15)10-5-8(6-20-10)21(18,19)13-3/h5-7,9,13H,4H2,1-3H3,(H,14,15)(H,16,17)/t9-/m1/s1. The average Bonchev–Trinajstić information content (AvgIpc) is 2.87. The lowest BCUT2D eigenvalue weighted by Crippen LogP contribution is -2.41. The van der Waals surface area contributed by atoms with Gasteiger partial charge in [0, 0.05) is 5.38 Å². The second-order valence-electron chi connectivity index (χ2n) is 4.85. The maximum absolute atomic E-state index is 12.0. The highest BCUT2D eigenvalue weighted by molar-refractivity contribution is 7.89. The van der Waals surface area contributed by atoms with Crippen LogP contribution >= 0.6 is 11.3 Å². The van der Waals surface area contributed by atoms with E-state index in [1.165, 1.54) is 18.5 Å². The fourth-order valence-electron chi connectivity index (χ4n) is 1.62. The number of nitrogens with one attached hydrogen (secondary N) is 2. The van der Waals surface area contributed by atoms with Crippen LogP contribution in [0.25, 0.3) is 0 Å². The summed E-state index contributed by atoms with van der Waals surface area (Å²) in [7, 11) is -2.34. The van der Waals surface area contributed by atoms with Crippen molar-refractivity contribution in [1.29, 1.82) is 0 Å². The molecule has 1 atom stereocenters. The summed E-state index contributed by atoms with van der Waals surface area (Å²) in [5, 5.41) is 12.8. The van der Waals surface area contributed by atoms with E-state index < -0.39 is 27.9 Å². The third-order valence-electron chi connectivity index (χ3n) is 2.69. The number of carbonyl (C=O) groups is 2. The summed E-state index contributed by atoms with van der Waals surface area (Å²) >= 11 is 0.948. The Balaban J connectivity index is 2.87. The molecule has 0 saturated carbocycles. The van der Waals surface area contributed by atoms with Crippen molar-refractivity contribution in [3.8, 4) is 0 Å². The van der Waals surface area contributed by atoms with E-state index in [9.17, 15) is 18.0 Å². The van der Waals surface area contributed by atoms with Crippen LogP contribution in [0.4, 0.5) is 0 Å². The molecule has 1 amide bonds. The molecule has 0 saturated heterocycles. The van der Waals surface area contributed by atoms with Gasteiger partial charge in [0.25, 0.3) is 5.91 Å². The Labute approximate surface area is 127 Å². The summed E-state index contributed by atoms with van der Waals surface area (Å²) in [6, 6.07) is 0.226. The third kappa shape index (κ3) is 4.80. The van der Waals surface area contributed by atoms with Crippen LogP contribution in [-0.4, -0.2) is 38.5 Å². The van der Waals surface area contributed by atoms with Gasteiger partial charge in [0.2, 0.25) is 10.0 Å². The van der Waals surface area contributed by atoms with Gasteiger partial charge in [-0.25, -0.2) is 17.9 Å². The van der Waals surface area contributed by atoms with Crippen molar-refractivity contribution in [2.45, 2.75) is 31.2 Å². The molecule has 0 unspecified atom stereocenters. The summed E-state index contributed by atoms with van der Waals surface area (Å²) in [6.45, 7) is 3.70. The molecule has 0 aliphatic carbocycles. The highest BCUT2D eigenvalue weighted by atomic mass is 32.2. The normalized spacial score (nSPS) is 13.1. The molecule has 0 aliphatic heterocycles. The van der Waals surface area contributed by atoms with Crippen molar-refractivity contribution < 1.29 is 23.1 Å². The number of hydrogen-bond donors (Lipinski definition) is 3. The molecule has 0 aliphatic rings. The van der Waals surface area contributed by atoms with E-state index in [2.05, 4.69) is 10.0 Å². The molecule has 118 valence electrons. The maximum atomic E-state index is 12.0. The number of rotatable bonds is 7. The SMILES string of the molecule is CNS(=O)(=O)c1csc(C(=O)N[C@H](CC(C)C)C(=O)O)c1. The van der Waals surface area contributed by atoms with Crippen LogP contribution in [0.5, 0.6) is 0 Å². The topological polar surface area (TPSA) is 113 Å². The van der Waals surface area contributed by atoms with E-state index in [0.717, 1.165) is 11.3 Å². The van der Waals surface area contributed by atoms with E-state index in [4.69, 9.17) is 5.11 Å². The largest absolute Gasteiger partial charge is 0.480 e. The van der Waals surface area contributed by atoms with Crippen LogP contribution in [-0.2, 0) is 14.8 Å². The molecule has 3 N–H and O–H groups in total. The van der Waals surface area contributed by atoms with Gasteiger partial charge in [0.15, 0.2) is 0 Å². The Morgan fingerprint density at radius 1 is 1.38 bits per heavy atom. The van der Waals surface area contributed by atoms with Crippen molar-refractivity contribution >= 4 is 33.2 Å². The van der Waals surface area contributed by atoms with E-state index in [1.807, 2.05) is 13.8 Å². The highest BCUT2D eigenvalue weighted by Crippen LogP contribution is 2.19. The van der Waals surface area contributed by atoms with Crippen molar-refractivity contribution in [3.05, 3.63) is 16.3 Å². The van der Waals surface area contributed by atoms with E-state index >= 15 is 0 Å². The van der Waals surface area contributed by atoms with Crippen molar-refractivity contribution in [2.75, 3.05) is 7.05 Å². The third-order valence-corrected chi connectivity index (χ3v) is 5.16. The molecular formula is C12H18N2O5S2. The lowest BCUT2D eigenvalue weighted by Gasteiger charge is -2.15. The second kappa shape index (κ2) is 7.01. The first-order chi connectivity index (χ1) is 9.67. The fourth-order valence-corrected chi connectivity index (χ4v) is 3.53. The second-order valence-corrected chi connectivity index (χ2v) is 7.65. The van der Waals surface area contributed by atoms with E-state index in [-0.39, 0.29) is 15.7 Å². The molecule has 7 nitrogen and oxygen atoms in total. The number of carbonyl (C=O) groups excluding carboxylic acids is 1. The van der Waals surface area contributed by atoms with Crippen LogP contribution in [0.2, 0.25) is 0 Å². The minimum absolute atomic E-state index is 0.0177. The average molecular weight is 334 g/mol. The Morgan fingerprint density at radius 3 is 2.48 bits per heavy atom. The first kappa shape index (κ1) is 17.6. The molecule has 0 aromatic carbocycles. The van der Waals surface area contributed by atoms with Crippen molar-refractivity contribution in [3.63, 3.8) is 0 Å². The monoisotopic (exact) mass is 334 g/mol. The molecule has 0 spiro atoms. The zero-order chi connectivity index (χ0) is 16.2. The Kier molecular flexibility index (Phi) is 5.87. The van der Waals surface area contributed by atoms with Gasteiger partial charge >= 0.3 is 5.97 Å². The van der Waals surface area contributed by atoms with Crippen molar-refractivity contribution in [1.82, 2.24) is 10.0 Å². The van der Waals surface area contributed by atoms with Crippen LogP contribution in [0.15, 0.2) is 16.3 Å². The predicted octanol–water partition coefficient (Wildman–Crippen LogP) is 0.885. The van der Waals surface area contributed by atoms with Gasteiger partial charge in [-0.3, -0.25) is 4.79 Å². The van der Waals surface area contributed by atoms with Crippen LogP contribution < -0.4 is 10.0 Å². The van der Waals surface area contributed by atoms with Gasteiger partial charge in [-0.15, -0.1) is 11.3 Å². The van der Waals surface area contributed by atoms with Gasteiger partial charge in [0.05, 0.1) is 9.77 Å². The number of hydrogen-bond acceptors (Lipinski definition) is 5. The number of carboxylic acid groups (broad SMARTS) is 1. The molecule has 0 fully saturated rings. The predicted molar refractivity (Wildman–Crippen MR) is 78.9 cm³/mol. The summed E-state index contributed by atoms with van der Waals surface area (Å²) in [5.74, 6) is -1.60. The number of amides is 1. The first-order valence-electron chi connectivity index (χ1n) is 6.23. The minimum atomic E-state index is -3.61. The van der Waals surface area contributed by atoms with Crippen LogP contribution in [0.1, 0.15) is 29.9 Å². The number of sulfonamides is 1. The van der Waals surface area contributed by atoms with E-state index in [1.54, 1.807) is 0 Å². The molecular weight excluding hydrogens is 316 g/mol. The Hall–Kier alpha value is -1.45. The Morgan fingerprint density at radius 2 is 2.00 bits per heavy atom. The summed E-state index contributed by atoms with van der Waals surface area (Å²) in [6.07, 6.45) is 0.300. The molecule has 1 aromatic rings. The van der Waals surface area contributed by atoms with Gasteiger partial charge in [-0.2, -0.15) is 0 Å². The van der Waals surface area contributed by atoms with Crippen LogP contribution in [0, 0.1) is 5.92 Å². The number of carboxylic acids is 1. The van der Waals surface area contributed by atoms with Crippen molar-refractivity contribution in [2.24, 2.45) is 5.92 Å². The highest BCUT2D eigenvalue weighted by Gasteiger charge is 2.23. The molecule has 1 heterocycles. The fraction of sp³-hybridized carbons (Fsp3) is 0.500.